The molecule has 0 rings (SSSR count). The predicted molar refractivity (Wildman–Crippen MR) is 71.1 cm³/mol. The standard InChI is InChI=1S/C14H20F6O4/c1-4-7-23-10(21)12(5-2,6-3)11(22)24-8-13(16,17)9(15)14(18,19)20/h9H,4-8H2,1-3H3. The Balaban J connectivity index is 5.13. The van der Waals surface area contributed by atoms with E-state index in [4.69, 9.17) is 4.74 Å². The summed E-state index contributed by atoms with van der Waals surface area (Å²) in [5.41, 5.74) is -1.92. The number of hydrogen-bond acceptors (Lipinski definition) is 4. The van der Waals surface area contributed by atoms with Gasteiger partial charge >= 0.3 is 24.0 Å². The van der Waals surface area contributed by atoms with Crippen LogP contribution in [0.2, 0.25) is 0 Å². The third-order valence-electron chi connectivity index (χ3n) is 3.48. The topological polar surface area (TPSA) is 52.6 Å². The van der Waals surface area contributed by atoms with Crippen molar-refractivity contribution in [3.8, 4) is 0 Å². The molecule has 0 saturated heterocycles. The van der Waals surface area contributed by atoms with Crippen LogP contribution in [-0.2, 0) is 19.1 Å². The van der Waals surface area contributed by atoms with E-state index in [1.54, 1.807) is 6.92 Å². The van der Waals surface area contributed by atoms with E-state index in [0.717, 1.165) is 0 Å². The molecule has 0 bridgehead atoms. The molecule has 24 heavy (non-hydrogen) atoms. The summed E-state index contributed by atoms with van der Waals surface area (Å²) in [6.07, 6.45) is -10.2. The molecule has 1 unspecified atom stereocenters. The molecule has 0 spiro atoms. The Morgan fingerprint density at radius 3 is 1.75 bits per heavy atom. The van der Waals surface area contributed by atoms with Crippen molar-refractivity contribution in [2.24, 2.45) is 5.41 Å². The van der Waals surface area contributed by atoms with Crippen molar-refractivity contribution in [2.45, 2.75) is 58.3 Å². The molecule has 0 saturated carbocycles. The van der Waals surface area contributed by atoms with Crippen molar-refractivity contribution in [3.05, 3.63) is 0 Å². The van der Waals surface area contributed by atoms with Crippen LogP contribution < -0.4 is 0 Å². The minimum Gasteiger partial charge on any atom is -0.465 e. The molecule has 0 aromatic carbocycles. The molecule has 10 heteroatoms. The Hall–Kier alpha value is -1.48. The number of ether oxygens (including phenoxy) is 2. The quantitative estimate of drug-likeness (QED) is 0.354. The van der Waals surface area contributed by atoms with Gasteiger partial charge in [-0.3, -0.25) is 9.59 Å². The molecule has 0 aliphatic carbocycles. The highest BCUT2D eigenvalue weighted by atomic mass is 19.4. The van der Waals surface area contributed by atoms with Crippen LogP contribution in [0.3, 0.4) is 0 Å². The molecular formula is C14H20F6O4. The van der Waals surface area contributed by atoms with Crippen molar-refractivity contribution in [3.63, 3.8) is 0 Å². The molecule has 0 amide bonds. The van der Waals surface area contributed by atoms with E-state index in [-0.39, 0.29) is 19.4 Å². The summed E-state index contributed by atoms with van der Waals surface area (Å²) in [4.78, 5) is 24.0. The molecule has 0 aromatic rings. The molecule has 0 aliphatic rings. The zero-order valence-corrected chi connectivity index (χ0v) is 13.5. The van der Waals surface area contributed by atoms with Crippen molar-refractivity contribution in [1.29, 1.82) is 0 Å². The SMILES string of the molecule is CCCOC(=O)C(CC)(CC)C(=O)OCC(F)(F)C(F)C(F)(F)F. The van der Waals surface area contributed by atoms with Gasteiger partial charge in [-0.25, -0.2) is 4.39 Å². The first-order valence-corrected chi connectivity index (χ1v) is 7.32. The molecule has 0 aliphatic heterocycles. The van der Waals surface area contributed by atoms with E-state index in [0.29, 0.717) is 6.42 Å². The third-order valence-corrected chi connectivity index (χ3v) is 3.48. The number of rotatable bonds is 9. The molecule has 1 atom stereocenters. The molecule has 0 N–H and O–H groups in total. The van der Waals surface area contributed by atoms with Gasteiger partial charge in [-0.1, -0.05) is 20.8 Å². The van der Waals surface area contributed by atoms with E-state index < -0.39 is 42.2 Å². The lowest BCUT2D eigenvalue weighted by molar-refractivity contribution is -0.255. The number of carbonyl (C=O) groups is 2. The number of halogens is 6. The van der Waals surface area contributed by atoms with Crippen molar-refractivity contribution < 1.29 is 45.4 Å². The number of esters is 2. The monoisotopic (exact) mass is 366 g/mol. The molecule has 0 radical (unpaired) electrons. The summed E-state index contributed by atoms with van der Waals surface area (Å²) in [5.74, 6) is -7.45. The zero-order valence-electron chi connectivity index (χ0n) is 13.5. The first kappa shape index (κ1) is 22.5. The maximum atomic E-state index is 13.2. The van der Waals surface area contributed by atoms with Gasteiger partial charge in [0.2, 0.25) is 0 Å². The Bertz CT molecular complexity index is 431. The molecule has 0 fully saturated rings. The molecule has 142 valence electrons. The summed E-state index contributed by atoms with van der Waals surface area (Å²) in [7, 11) is 0. The fourth-order valence-corrected chi connectivity index (χ4v) is 1.86. The van der Waals surface area contributed by atoms with Gasteiger partial charge < -0.3 is 9.47 Å². The van der Waals surface area contributed by atoms with Gasteiger partial charge in [0.1, 0.15) is 0 Å². The zero-order chi connectivity index (χ0) is 19.2. The smallest absolute Gasteiger partial charge is 0.425 e. The van der Waals surface area contributed by atoms with Gasteiger partial charge in [-0.05, 0) is 19.3 Å². The van der Waals surface area contributed by atoms with Crippen molar-refractivity contribution in [1.82, 2.24) is 0 Å². The summed E-state index contributed by atoms with van der Waals surface area (Å²) < 4.78 is 84.2. The minimum absolute atomic E-state index is 0.0232. The van der Waals surface area contributed by atoms with Gasteiger partial charge in [0.15, 0.2) is 12.0 Å². The maximum absolute atomic E-state index is 13.2. The second kappa shape index (κ2) is 8.57. The highest BCUT2D eigenvalue weighted by Crippen LogP contribution is 2.36. The molecular weight excluding hydrogens is 346 g/mol. The van der Waals surface area contributed by atoms with Gasteiger partial charge in [0.05, 0.1) is 6.61 Å². The van der Waals surface area contributed by atoms with Crippen LogP contribution in [0.4, 0.5) is 26.3 Å². The first-order valence-electron chi connectivity index (χ1n) is 7.32. The fourth-order valence-electron chi connectivity index (χ4n) is 1.86. The second-order valence-corrected chi connectivity index (χ2v) is 5.17. The normalized spacial score (nSPS) is 14.2. The highest BCUT2D eigenvalue weighted by Gasteiger charge is 2.58. The van der Waals surface area contributed by atoms with E-state index in [1.807, 2.05) is 0 Å². The van der Waals surface area contributed by atoms with Crippen molar-refractivity contribution in [2.75, 3.05) is 13.2 Å². The lowest BCUT2D eigenvalue weighted by atomic mass is 9.82. The highest BCUT2D eigenvalue weighted by molar-refractivity contribution is 6.00. The molecule has 0 heterocycles. The second-order valence-electron chi connectivity index (χ2n) is 5.17. The van der Waals surface area contributed by atoms with Gasteiger partial charge in [-0.2, -0.15) is 22.0 Å². The maximum Gasteiger partial charge on any atom is 0.425 e. The fraction of sp³-hybridized carbons (Fsp3) is 0.857. The van der Waals surface area contributed by atoms with Crippen LogP contribution in [0.25, 0.3) is 0 Å². The van der Waals surface area contributed by atoms with Crippen LogP contribution in [0.15, 0.2) is 0 Å². The average Bonchev–Trinajstić information content (AvgIpc) is 2.51. The van der Waals surface area contributed by atoms with Gasteiger partial charge in [0, 0.05) is 0 Å². The summed E-state index contributed by atoms with van der Waals surface area (Å²) in [5, 5.41) is 0. The van der Waals surface area contributed by atoms with E-state index in [2.05, 4.69) is 4.74 Å². The summed E-state index contributed by atoms with van der Waals surface area (Å²) >= 11 is 0. The number of hydrogen-bond donors (Lipinski definition) is 0. The van der Waals surface area contributed by atoms with Crippen molar-refractivity contribution >= 4 is 11.9 Å². The Morgan fingerprint density at radius 2 is 1.38 bits per heavy atom. The first-order chi connectivity index (χ1) is 10.9. The lowest BCUT2D eigenvalue weighted by Crippen LogP contribution is -2.47. The van der Waals surface area contributed by atoms with E-state index in [9.17, 15) is 35.9 Å². The van der Waals surface area contributed by atoms with E-state index in [1.165, 1.54) is 13.8 Å². The Morgan fingerprint density at radius 1 is 0.917 bits per heavy atom. The van der Waals surface area contributed by atoms with Crippen LogP contribution >= 0.6 is 0 Å². The van der Waals surface area contributed by atoms with Crippen LogP contribution in [-0.4, -0.2) is 43.4 Å². The number of alkyl halides is 6. The largest absolute Gasteiger partial charge is 0.465 e. The number of carbonyl (C=O) groups excluding carboxylic acids is 2. The average molecular weight is 366 g/mol. The summed E-state index contributed by atoms with van der Waals surface area (Å²) in [6.45, 7) is 2.32. The lowest BCUT2D eigenvalue weighted by Gasteiger charge is -2.28. The van der Waals surface area contributed by atoms with Gasteiger partial charge in [-0.15, -0.1) is 0 Å². The predicted octanol–water partition coefficient (Wildman–Crippen LogP) is 3.82. The minimum atomic E-state index is -5.80. The van der Waals surface area contributed by atoms with Crippen LogP contribution in [0.5, 0.6) is 0 Å². The van der Waals surface area contributed by atoms with E-state index >= 15 is 0 Å². The third kappa shape index (κ3) is 5.27. The summed E-state index contributed by atoms with van der Waals surface area (Å²) in [6, 6.07) is 0. The van der Waals surface area contributed by atoms with Gasteiger partial charge in [0.25, 0.3) is 6.17 Å². The van der Waals surface area contributed by atoms with Crippen LogP contribution in [0, 0.1) is 5.41 Å². The Labute approximate surface area is 135 Å². The molecule has 4 nitrogen and oxygen atoms in total. The Kier molecular flexibility index (Phi) is 8.04. The van der Waals surface area contributed by atoms with Crippen LogP contribution in [0.1, 0.15) is 40.0 Å². The molecule has 0 aromatic heterocycles.